The number of amides is 2. The Balaban J connectivity index is 1.47. The normalized spacial score (nSPS) is 49.0. The minimum absolute atomic E-state index is 0.730. The Kier molecular flexibility index (Phi) is 18.1. The van der Waals surface area contributed by atoms with E-state index in [1.165, 1.54) is 0 Å². The van der Waals surface area contributed by atoms with Gasteiger partial charge in [-0.3, -0.25) is 9.59 Å². The first-order valence-corrected chi connectivity index (χ1v) is 19.6. The Labute approximate surface area is 351 Å². The van der Waals surface area contributed by atoms with Crippen molar-refractivity contribution in [2.45, 2.75) is 167 Å². The van der Waals surface area contributed by atoms with Crippen LogP contribution < -0.4 is 10.6 Å². The first-order chi connectivity index (χ1) is 29.3. The van der Waals surface area contributed by atoms with Gasteiger partial charge in [0, 0.05) is 13.8 Å². The molecule has 28 heteroatoms. The molecule has 28 nitrogen and oxygen atoms in total. The summed E-state index contributed by atoms with van der Waals surface area (Å²) >= 11 is 0. The van der Waals surface area contributed by atoms with E-state index in [1.54, 1.807) is 0 Å². The van der Waals surface area contributed by atoms with Crippen molar-refractivity contribution in [3.8, 4) is 0 Å². The van der Waals surface area contributed by atoms with Crippen molar-refractivity contribution in [3.05, 3.63) is 0 Å². The average molecular weight is 911 g/mol. The summed E-state index contributed by atoms with van der Waals surface area (Å²) in [6, 6.07) is -3.19. The van der Waals surface area contributed by atoms with Crippen molar-refractivity contribution in [2.24, 2.45) is 0 Å². The number of carbonyl (C=O) groups excluding carboxylic acids is 2. The zero-order chi connectivity index (χ0) is 45.9. The molecule has 5 aliphatic heterocycles. The van der Waals surface area contributed by atoms with E-state index in [2.05, 4.69) is 10.6 Å². The zero-order valence-corrected chi connectivity index (χ0v) is 33.2. The molecule has 5 saturated heterocycles. The lowest BCUT2D eigenvalue weighted by Crippen LogP contribution is -2.69. The van der Waals surface area contributed by atoms with E-state index < -0.39 is 198 Å². The molecule has 5 rings (SSSR count). The molecule has 0 unspecified atom stereocenters. The van der Waals surface area contributed by atoms with Gasteiger partial charge in [0.1, 0.15) is 122 Å². The number of aliphatic hydroxyl groups is 15. The largest absolute Gasteiger partial charge is 0.394 e. The first-order valence-electron chi connectivity index (χ1n) is 19.6. The minimum Gasteiger partial charge on any atom is -0.394 e. The van der Waals surface area contributed by atoms with E-state index in [-0.39, 0.29) is 0 Å². The smallest absolute Gasteiger partial charge is 0.217 e. The van der Waals surface area contributed by atoms with Gasteiger partial charge < -0.3 is 130 Å². The van der Waals surface area contributed by atoms with Crippen LogP contribution >= 0.6 is 0 Å². The zero-order valence-electron chi connectivity index (χ0n) is 33.2. The van der Waals surface area contributed by atoms with Gasteiger partial charge in [-0.25, -0.2) is 0 Å². The Hall–Kier alpha value is -2.02. The maximum Gasteiger partial charge on any atom is 0.217 e. The summed E-state index contributed by atoms with van der Waals surface area (Å²) in [5.74, 6) is -1.49. The van der Waals surface area contributed by atoms with Gasteiger partial charge in [0.15, 0.2) is 31.5 Å². The number of rotatable bonds is 15. The predicted molar refractivity (Wildman–Crippen MR) is 190 cm³/mol. The molecule has 2 amide bonds. The number of aliphatic hydroxyl groups excluding tert-OH is 15. The molecule has 0 aromatic carbocycles. The number of nitrogens with one attached hydrogen (secondary N) is 2. The lowest BCUT2D eigenvalue weighted by atomic mass is 9.94. The lowest BCUT2D eigenvalue weighted by Gasteiger charge is -2.50. The van der Waals surface area contributed by atoms with Crippen LogP contribution in [0.4, 0.5) is 0 Å². The highest BCUT2D eigenvalue weighted by atomic mass is 16.8. The highest BCUT2D eigenvalue weighted by Crippen LogP contribution is 2.35. The molecule has 0 bridgehead atoms. The molecule has 17 N–H and O–H groups in total. The second kappa shape index (κ2) is 22.0. The standard InChI is InChI=1S/C34H58N2O26/c1-8(41)35-15-22(48)27(13(6-40)55-30(15)53)60-33-26(52)28(20(46)14(59-33)7-54-32-25(51)23(49)18(44)11(4-38)57-32)61-34-29(24(50)19(45)12(5-39)58-34)62-31-16(36-9(2)42)21(47)17(43)10(3-37)56-31/h10-34,37-40,43-53H,3-7H2,1-2H3,(H,35,41)(H,36,42)/t10-,11-,12-,13-,14-,15-,16-,17-,18-,19-,20-,21-,22-,23+,24+,25+,26+,27-,28+,29+,30-,31+,32+,33+,34-/m1/s1. The van der Waals surface area contributed by atoms with Gasteiger partial charge in [-0.05, 0) is 0 Å². The van der Waals surface area contributed by atoms with Gasteiger partial charge in [0.25, 0.3) is 0 Å². The number of hydrogen-bond acceptors (Lipinski definition) is 26. The third-order valence-corrected chi connectivity index (χ3v) is 11.1. The number of ether oxygens (including phenoxy) is 9. The van der Waals surface area contributed by atoms with Crippen LogP contribution in [0.5, 0.6) is 0 Å². The summed E-state index contributed by atoms with van der Waals surface area (Å²) in [7, 11) is 0. The van der Waals surface area contributed by atoms with Gasteiger partial charge in [-0.2, -0.15) is 0 Å². The van der Waals surface area contributed by atoms with E-state index in [4.69, 9.17) is 42.6 Å². The average Bonchev–Trinajstić information content (AvgIpc) is 3.23. The Morgan fingerprint density at radius 2 is 0.887 bits per heavy atom. The summed E-state index contributed by atoms with van der Waals surface area (Å²) in [5.41, 5.74) is 0. The molecular formula is C34H58N2O26. The minimum atomic E-state index is -2.22. The third kappa shape index (κ3) is 11.0. The van der Waals surface area contributed by atoms with Crippen molar-refractivity contribution in [3.63, 3.8) is 0 Å². The Morgan fingerprint density at radius 3 is 1.45 bits per heavy atom. The maximum atomic E-state index is 12.1. The molecule has 0 radical (unpaired) electrons. The van der Waals surface area contributed by atoms with Crippen LogP contribution in [0.1, 0.15) is 13.8 Å². The van der Waals surface area contributed by atoms with Crippen LogP contribution in [0.25, 0.3) is 0 Å². The van der Waals surface area contributed by atoms with Gasteiger partial charge in [-0.1, -0.05) is 0 Å². The van der Waals surface area contributed by atoms with E-state index >= 15 is 0 Å². The summed E-state index contributed by atoms with van der Waals surface area (Å²) in [6.07, 6.45) is -43.0. The fourth-order valence-electron chi connectivity index (χ4n) is 7.71. The quantitative estimate of drug-likeness (QED) is 0.0725. The van der Waals surface area contributed by atoms with Crippen molar-refractivity contribution >= 4 is 11.8 Å². The fourth-order valence-corrected chi connectivity index (χ4v) is 7.71. The van der Waals surface area contributed by atoms with Crippen LogP contribution in [0.2, 0.25) is 0 Å². The van der Waals surface area contributed by atoms with Crippen molar-refractivity contribution < 1.29 is 129 Å². The number of hydrogen-bond donors (Lipinski definition) is 17. The summed E-state index contributed by atoms with van der Waals surface area (Å²) in [4.78, 5) is 24.0. The molecule has 0 saturated carbocycles. The highest BCUT2D eigenvalue weighted by Gasteiger charge is 2.56. The Morgan fingerprint density at radius 1 is 0.419 bits per heavy atom. The third-order valence-electron chi connectivity index (χ3n) is 11.1. The van der Waals surface area contributed by atoms with Crippen LogP contribution in [0, 0.1) is 0 Å². The molecule has 0 aliphatic carbocycles. The van der Waals surface area contributed by atoms with E-state index in [0.29, 0.717) is 0 Å². The molecule has 62 heavy (non-hydrogen) atoms. The highest BCUT2D eigenvalue weighted by molar-refractivity contribution is 5.73. The van der Waals surface area contributed by atoms with Gasteiger partial charge in [0.05, 0.1) is 33.0 Å². The molecule has 360 valence electrons. The molecule has 0 aromatic rings. The predicted octanol–water partition coefficient (Wildman–Crippen LogP) is -11.6. The monoisotopic (exact) mass is 910 g/mol. The van der Waals surface area contributed by atoms with Crippen LogP contribution in [0.3, 0.4) is 0 Å². The molecule has 5 aliphatic rings. The van der Waals surface area contributed by atoms with Crippen molar-refractivity contribution in [2.75, 3.05) is 33.0 Å². The molecule has 5 fully saturated rings. The maximum absolute atomic E-state index is 12.1. The van der Waals surface area contributed by atoms with E-state index in [9.17, 15) is 86.2 Å². The molecular weight excluding hydrogens is 852 g/mol. The van der Waals surface area contributed by atoms with Crippen LogP contribution in [-0.2, 0) is 52.2 Å². The molecule has 0 aromatic heterocycles. The molecule has 5 heterocycles. The summed E-state index contributed by atoms with van der Waals surface area (Å²) in [6.45, 7) is -2.38. The van der Waals surface area contributed by atoms with Crippen molar-refractivity contribution in [1.82, 2.24) is 10.6 Å². The van der Waals surface area contributed by atoms with Crippen molar-refractivity contribution in [1.29, 1.82) is 0 Å². The first kappa shape index (κ1) is 51.0. The lowest BCUT2D eigenvalue weighted by molar-refractivity contribution is -0.392. The summed E-state index contributed by atoms with van der Waals surface area (Å²) in [5, 5.41) is 164. The van der Waals surface area contributed by atoms with Gasteiger partial charge in [-0.15, -0.1) is 0 Å². The SMILES string of the molecule is CC(=O)N[C@@H]1[C@@H](O)[C@H](O[C@@H]2O[C@H](CO[C@H]3O[C@H](CO)[C@@H](O)[C@H](O)[C@@H]3O)[C@@H](O)[C@H](O[C@H]3O[C@H](CO)[C@@H](O)[C@H](O)[C@@H]3O[C@@H]3O[C@H](CO)[C@@H](O)[C@H](O)[C@H]3NC(C)=O)[C@@H]2O)[C@@H](CO)O[C@H]1O. The topological polar surface area (TPSA) is 445 Å². The van der Waals surface area contributed by atoms with E-state index in [0.717, 1.165) is 13.8 Å². The van der Waals surface area contributed by atoms with E-state index in [1.807, 2.05) is 0 Å². The molecule has 25 atom stereocenters. The second-order valence-electron chi connectivity index (χ2n) is 15.5. The summed E-state index contributed by atoms with van der Waals surface area (Å²) < 4.78 is 51.1. The van der Waals surface area contributed by atoms with Crippen LogP contribution in [-0.4, -0.2) is 275 Å². The number of carbonyl (C=O) groups is 2. The van der Waals surface area contributed by atoms with Gasteiger partial charge >= 0.3 is 0 Å². The Bertz CT molecular complexity index is 1440. The van der Waals surface area contributed by atoms with Gasteiger partial charge in [0.2, 0.25) is 11.8 Å². The fraction of sp³-hybridized carbons (Fsp3) is 0.941. The second-order valence-corrected chi connectivity index (χ2v) is 15.5. The van der Waals surface area contributed by atoms with Crippen LogP contribution in [0.15, 0.2) is 0 Å². The molecule has 0 spiro atoms.